The maximum absolute atomic E-state index is 14.6. The van der Waals surface area contributed by atoms with Crippen molar-refractivity contribution in [3.05, 3.63) is 65.8 Å². The predicted molar refractivity (Wildman–Crippen MR) is 126 cm³/mol. The summed E-state index contributed by atoms with van der Waals surface area (Å²) in [6.45, 7) is 4.31. The molecule has 11 heteroatoms. The Hall–Kier alpha value is -4.12. The quantitative estimate of drug-likeness (QED) is 0.386. The van der Waals surface area contributed by atoms with E-state index >= 15 is 0 Å². The van der Waals surface area contributed by atoms with Crippen molar-refractivity contribution in [1.82, 2.24) is 34.2 Å². The Morgan fingerprint density at radius 3 is 2.89 bits per heavy atom. The van der Waals surface area contributed by atoms with Crippen molar-refractivity contribution in [2.45, 2.75) is 38.8 Å². The maximum atomic E-state index is 14.6. The van der Waals surface area contributed by atoms with Gasteiger partial charge in [0.25, 0.3) is 0 Å². The lowest BCUT2D eigenvalue weighted by Gasteiger charge is -2.18. The van der Waals surface area contributed by atoms with Crippen LogP contribution in [-0.4, -0.2) is 51.5 Å². The van der Waals surface area contributed by atoms with Gasteiger partial charge >= 0.3 is 0 Å². The number of halogens is 1. The largest absolute Gasteiger partial charge is 0.493 e. The van der Waals surface area contributed by atoms with Gasteiger partial charge in [-0.15, -0.1) is 10.2 Å². The van der Waals surface area contributed by atoms with Crippen LogP contribution in [0.1, 0.15) is 30.7 Å². The molecule has 178 valence electrons. The van der Waals surface area contributed by atoms with Gasteiger partial charge in [-0.2, -0.15) is 5.10 Å². The molecule has 0 atom stereocenters. The van der Waals surface area contributed by atoms with Crippen LogP contribution in [0.25, 0.3) is 22.4 Å². The van der Waals surface area contributed by atoms with Crippen LogP contribution in [0.4, 0.5) is 10.3 Å². The summed E-state index contributed by atoms with van der Waals surface area (Å²) in [7, 11) is 0. The molecule has 5 aromatic rings. The molecular formula is C24H23FN8O2. The average molecular weight is 475 g/mol. The Morgan fingerprint density at radius 1 is 1.14 bits per heavy atom. The molecule has 4 aromatic heterocycles. The lowest BCUT2D eigenvalue weighted by Crippen LogP contribution is -2.23. The number of hydrogen-bond acceptors (Lipinski definition) is 8. The third-order valence-corrected chi connectivity index (χ3v) is 6.10. The summed E-state index contributed by atoms with van der Waals surface area (Å²) in [5.74, 6) is 0.936. The molecule has 1 aliphatic rings. The molecular weight excluding hydrogens is 451 g/mol. The van der Waals surface area contributed by atoms with Crippen LogP contribution >= 0.6 is 0 Å². The molecule has 0 bridgehead atoms. The zero-order valence-corrected chi connectivity index (χ0v) is 19.2. The lowest BCUT2D eigenvalue weighted by molar-refractivity contribution is 0.0794. The summed E-state index contributed by atoms with van der Waals surface area (Å²) in [6, 6.07) is 6.93. The normalized spacial score (nSPS) is 13.4. The molecule has 2 N–H and O–H groups in total. The first-order valence-electron chi connectivity index (χ1n) is 11.3. The maximum Gasteiger partial charge on any atom is 0.210 e. The molecule has 0 unspecified atom stereocenters. The number of aliphatic hydroxyl groups is 1. The molecule has 0 saturated carbocycles. The van der Waals surface area contributed by atoms with Crippen molar-refractivity contribution >= 4 is 17.2 Å². The van der Waals surface area contributed by atoms with Crippen molar-refractivity contribution in [1.29, 1.82) is 0 Å². The van der Waals surface area contributed by atoms with Crippen LogP contribution in [0, 0.1) is 5.82 Å². The highest BCUT2D eigenvalue weighted by atomic mass is 19.1. The molecule has 0 saturated heterocycles. The zero-order valence-electron chi connectivity index (χ0n) is 19.2. The van der Waals surface area contributed by atoms with Crippen molar-refractivity contribution in [3.63, 3.8) is 0 Å². The van der Waals surface area contributed by atoms with Gasteiger partial charge in [-0.05, 0) is 38.1 Å². The molecule has 0 amide bonds. The van der Waals surface area contributed by atoms with Gasteiger partial charge in [-0.3, -0.25) is 4.40 Å². The molecule has 0 radical (unpaired) electrons. The summed E-state index contributed by atoms with van der Waals surface area (Å²) in [5.41, 5.74) is 4.10. The number of rotatable bonds is 6. The van der Waals surface area contributed by atoms with Gasteiger partial charge in [-0.25, -0.2) is 18.9 Å². The van der Waals surface area contributed by atoms with Crippen LogP contribution in [0.3, 0.4) is 0 Å². The number of ether oxygens (including phenoxy) is 1. The fourth-order valence-corrected chi connectivity index (χ4v) is 4.56. The molecule has 0 spiro atoms. The van der Waals surface area contributed by atoms with Crippen molar-refractivity contribution in [2.24, 2.45) is 0 Å². The van der Waals surface area contributed by atoms with E-state index in [1.54, 1.807) is 41.4 Å². The number of hydrogen-bond donors (Lipinski definition) is 2. The van der Waals surface area contributed by atoms with Gasteiger partial charge < -0.3 is 15.2 Å². The summed E-state index contributed by atoms with van der Waals surface area (Å²) in [4.78, 5) is 9.02. The van der Waals surface area contributed by atoms with E-state index in [0.717, 1.165) is 28.1 Å². The number of nitrogens with zero attached hydrogens (tertiary/aromatic N) is 7. The number of anilines is 1. The van der Waals surface area contributed by atoms with Crippen molar-refractivity contribution in [3.8, 4) is 16.9 Å². The second-order valence-corrected chi connectivity index (χ2v) is 9.20. The number of fused-ring (bicyclic) bond motifs is 3. The Balaban J connectivity index is 1.37. The van der Waals surface area contributed by atoms with Crippen molar-refractivity contribution in [2.75, 3.05) is 11.9 Å². The molecule has 35 heavy (non-hydrogen) atoms. The van der Waals surface area contributed by atoms with Crippen LogP contribution in [0.15, 0.2) is 43.1 Å². The van der Waals surface area contributed by atoms with E-state index in [4.69, 9.17) is 4.74 Å². The van der Waals surface area contributed by atoms with Crippen LogP contribution in [-0.2, 0) is 19.4 Å². The fourth-order valence-electron chi connectivity index (χ4n) is 4.56. The predicted octanol–water partition coefficient (Wildman–Crippen LogP) is 2.83. The standard InChI is InChI=1S/C24H23FN8O2/c1-24(2,34)9-14-3-4-16(21-28-12-30-33(14)21)18-11-27-23(32-13-29-31-22(18)32)26-10-17-15-7-8-35-20(15)6-5-19(17)25/h3-6,11-13,34H,7-10H2,1-2H3,(H,26,27). The molecule has 0 aliphatic carbocycles. The second kappa shape index (κ2) is 7.98. The van der Waals surface area contributed by atoms with Gasteiger partial charge in [0, 0.05) is 53.5 Å². The van der Waals surface area contributed by atoms with Crippen LogP contribution < -0.4 is 10.1 Å². The number of pyridine rings is 1. The number of aromatic nitrogens is 7. The topological polar surface area (TPSA) is 115 Å². The molecule has 10 nitrogen and oxygen atoms in total. The first kappa shape index (κ1) is 21.4. The van der Waals surface area contributed by atoms with Crippen LogP contribution in [0.5, 0.6) is 5.75 Å². The monoisotopic (exact) mass is 474 g/mol. The summed E-state index contributed by atoms with van der Waals surface area (Å²) < 4.78 is 23.6. The second-order valence-electron chi connectivity index (χ2n) is 9.20. The third kappa shape index (κ3) is 3.73. The third-order valence-electron chi connectivity index (χ3n) is 6.10. The molecule has 1 aliphatic heterocycles. The van der Waals surface area contributed by atoms with Gasteiger partial charge in [-0.1, -0.05) is 0 Å². The summed E-state index contributed by atoms with van der Waals surface area (Å²) in [5, 5.41) is 26.2. The van der Waals surface area contributed by atoms with Gasteiger partial charge in [0.05, 0.1) is 12.2 Å². The first-order chi connectivity index (χ1) is 16.9. The lowest BCUT2D eigenvalue weighted by atomic mass is 10.0. The van der Waals surface area contributed by atoms with Gasteiger partial charge in [0.15, 0.2) is 11.3 Å². The molecule has 5 heterocycles. The minimum absolute atomic E-state index is 0.248. The van der Waals surface area contributed by atoms with E-state index in [-0.39, 0.29) is 12.4 Å². The molecule has 0 fully saturated rings. The molecule has 6 rings (SSSR count). The Bertz CT molecular complexity index is 1570. The summed E-state index contributed by atoms with van der Waals surface area (Å²) >= 11 is 0. The van der Waals surface area contributed by atoms with E-state index in [1.165, 1.54) is 12.4 Å². The average Bonchev–Trinajstić information content (AvgIpc) is 3.57. The van der Waals surface area contributed by atoms with Crippen LogP contribution in [0.2, 0.25) is 0 Å². The SMILES string of the molecule is CC(C)(O)Cc1ccc(-c2cnc(NCc3c(F)ccc4c3CCO4)n3cnnc23)c2ncnn12. The minimum atomic E-state index is -0.889. The molecule has 1 aromatic carbocycles. The highest BCUT2D eigenvalue weighted by Gasteiger charge is 2.22. The Morgan fingerprint density at radius 2 is 2.03 bits per heavy atom. The van der Waals surface area contributed by atoms with E-state index < -0.39 is 5.60 Å². The highest BCUT2D eigenvalue weighted by Crippen LogP contribution is 2.32. The van der Waals surface area contributed by atoms with Gasteiger partial charge in [0.2, 0.25) is 5.95 Å². The first-order valence-corrected chi connectivity index (χ1v) is 11.3. The summed E-state index contributed by atoms with van der Waals surface area (Å²) in [6.07, 6.45) is 5.83. The zero-order chi connectivity index (χ0) is 24.2. The van der Waals surface area contributed by atoms with Crippen molar-refractivity contribution < 1.29 is 14.2 Å². The van der Waals surface area contributed by atoms with E-state index in [9.17, 15) is 9.50 Å². The smallest absolute Gasteiger partial charge is 0.210 e. The fraction of sp³-hybridized carbons (Fsp3) is 0.292. The Labute approximate surface area is 199 Å². The van der Waals surface area contributed by atoms with E-state index in [1.807, 2.05) is 12.1 Å². The van der Waals surface area contributed by atoms with E-state index in [2.05, 4.69) is 30.6 Å². The van der Waals surface area contributed by atoms with Gasteiger partial charge in [0.1, 0.15) is 24.2 Å². The highest BCUT2D eigenvalue weighted by molar-refractivity contribution is 5.86. The van der Waals surface area contributed by atoms with E-state index in [0.29, 0.717) is 42.3 Å². The Kier molecular flexibility index (Phi) is 4.88. The minimum Gasteiger partial charge on any atom is -0.493 e. The number of benzene rings is 1. The number of nitrogens with one attached hydrogen (secondary N) is 1.